The fourth-order valence-corrected chi connectivity index (χ4v) is 2.04. The van der Waals surface area contributed by atoms with Crippen LogP contribution in [0.2, 0.25) is 0 Å². The molecule has 0 radical (unpaired) electrons. The monoisotopic (exact) mass is 218 g/mol. The Balaban J connectivity index is 2.70. The van der Waals surface area contributed by atoms with E-state index in [4.69, 9.17) is 5.11 Å². The molecule has 0 atom stereocenters. The van der Waals surface area contributed by atoms with E-state index in [1.54, 1.807) is 12.1 Å². The van der Waals surface area contributed by atoms with Crippen LogP contribution < -0.4 is 0 Å². The van der Waals surface area contributed by atoms with Gasteiger partial charge >= 0.3 is 5.97 Å². The van der Waals surface area contributed by atoms with Crippen LogP contribution in [0, 0.1) is 0 Å². The molecule has 0 aliphatic rings. The highest BCUT2D eigenvalue weighted by Gasteiger charge is 2.13. The highest BCUT2D eigenvalue weighted by atomic mass is 16.4. The van der Waals surface area contributed by atoms with Gasteiger partial charge in [0.15, 0.2) is 0 Å². The molecule has 1 aromatic carbocycles. The highest BCUT2D eigenvalue weighted by Crippen LogP contribution is 2.25. The third-order valence-electron chi connectivity index (χ3n) is 2.67. The fourth-order valence-electron chi connectivity index (χ4n) is 2.04. The van der Waals surface area contributed by atoms with Crippen molar-refractivity contribution >= 4 is 16.9 Å². The van der Waals surface area contributed by atoms with E-state index in [-0.39, 0.29) is 5.56 Å². The topological polar surface area (TPSA) is 55.1 Å². The Morgan fingerprint density at radius 3 is 2.69 bits per heavy atom. The van der Waals surface area contributed by atoms with Crippen LogP contribution in [0.1, 0.15) is 35.8 Å². The number of carboxylic acids is 1. The molecule has 0 saturated carbocycles. The van der Waals surface area contributed by atoms with Gasteiger partial charge in [-0.2, -0.15) is 5.10 Å². The van der Waals surface area contributed by atoms with Crippen LogP contribution in [-0.2, 0) is 7.05 Å². The molecule has 0 aliphatic carbocycles. The normalized spacial score (nSPS) is 11.2. The number of carboxylic acid groups (broad SMARTS) is 1. The molecule has 0 aliphatic heterocycles. The maximum Gasteiger partial charge on any atom is 0.335 e. The zero-order chi connectivity index (χ0) is 11.9. The molecular weight excluding hydrogens is 204 g/mol. The lowest BCUT2D eigenvalue weighted by Gasteiger charge is -2.05. The summed E-state index contributed by atoms with van der Waals surface area (Å²) >= 11 is 0. The summed E-state index contributed by atoms with van der Waals surface area (Å²) in [4.78, 5) is 10.8. The van der Waals surface area contributed by atoms with Crippen molar-refractivity contribution in [2.45, 2.75) is 19.8 Å². The Labute approximate surface area is 93.5 Å². The van der Waals surface area contributed by atoms with E-state index in [0.717, 1.165) is 16.6 Å². The molecule has 4 heteroatoms. The molecule has 0 amide bonds. The molecule has 0 spiro atoms. The van der Waals surface area contributed by atoms with Crippen LogP contribution in [0.3, 0.4) is 0 Å². The Morgan fingerprint density at radius 2 is 2.12 bits per heavy atom. The third kappa shape index (κ3) is 1.56. The molecule has 16 heavy (non-hydrogen) atoms. The molecule has 2 aromatic rings. The van der Waals surface area contributed by atoms with Gasteiger partial charge in [-0.1, -0.05) is 19.9 Å². The van der Waals surface area contributed by atoms with Gasteiger partial charge in [0.05, 0.1) is 11.1 Å². The first-order chi connectivity index (χ1) is 7.50. The Morgan fingerprint density at radius 1 is 1.44 bits per heavy atom. The first-order valence-corrected chi connectivity index (χ1v) is 5.20. The summed E-state index contributed by atoms with van der Waals surface area (Å²) in [5.74, 6) is -0.552. The number of aromatic carboxylic acids is 1. The van der Waals surface area contributed by atoms with E-state index in [2.05, 4.69) is 18.9 Å². The van der Waals surface area contributed by atoms with Crippen LogP contribution in [0.4, 0.5) is 0 Å². The van der Waals surface area contributed by atoms with Crippen LogP contribution in [-0.4, -0.2) is 20.9 Å². The number of aryl methyl sites for hydroxylation is 1. The second kappa shape index (κ2) is 3.63. The summed E-state index contributed by atoms with van der Waals surface area (Å²) in [5, 5.41) is 14.3. The molecule has 2 rings (SSSR count). The molecule has 0 saturated heterocycles. The van der Waals surface area contributed by atoms with Crippen molar-refractivity contribution in [1.29, 1.82) is 0 Å². The summed E-state index contributed by atoms with van der Waals surface area (Å²) in [6, 6.07) is 5.07. The maximum atomic E-state index is 10.8. The van der Waals surface area contributed by atoms with Gasteiger partial charge in [-0.15, -0.1) is 0 Å². The molecule has 1 aromatic heterocycles. The van der Waals surface area contributed by atoms with Crippen molar-refractivity contribution in [3.05, 3.63) is 29.5 Å². The second-order valence-corrected chi connectivity index (χ2v) is 4.20. The van der Waals surface area contributed by atoms with Crippen LogP contribution >= 0.6 is 0 Å². The lowest BCUT2D eigenvalue weighted by Crippen LogP contribution is -1.99. The fraction of sp³-hybridized carbons (Fsp3) is 0.333. The number of hydrogen-bond acceptors (Lipinski definition) is 2. The molecular formula is C12H14N2O2. The van der Waals surface area contributed by atoms with Gasteiger partial charge in [-0.05, 0) is 18.1 Å². The van der Waals surface area contributed by atoms with Crippen LogP contribution in [0.5, 0.6) is 0 Å². The molecule has 1 N–H and O–H groups in total. The lowest BCUT2D eigenvalue weighted by molar-refractivity contribution is 0.0697. The molecule has 84 valence electrons. The average Bonchev–Trinajstić information content (AvgIpc) is 2.51. The standard InChI is InChI=1S/C12H14N2O2/c1-7(2)11-9-5-4-8(12(15)16)6-10(9)13-14(11)3/h4-7H,1-3H3,(H,15,16). The summed E-state index contributed by atoms with van der Waals surface area (Å²) in [6.45, 7) is 4.20. The zero-order valence-corrected chi connectivity index (χ0v) is 9.56. The average molecular weight is 218 g/mol. The SMILES string of the molecule is CC(C)c1c2ccc(C(=O)O)cc2nn1C. The molecule has 0 bridgehead atoms. The minimum absolute atomic E-state index is 0.279. The van der Waals surface area contributed by atoms with Gasteiger partial charge in [-0.25, -0.2) is 4.79 Å². The van der Waals surface area contributed by atoms with E-state index >= 15 is 0 Å². The van der Waals surface area contributed by atoms with Gasteiger partial charge in [0.2, 0.25) is 0 Å². The van der Waals surface area contributed by atoms with Crippen molar-refractivity contribution in [2.75, 3.05) is 0 Å². The smallest absolute Gasteiger partial charge is 0.335 e. The lowest BCUT2D eigenvalue weighted by atomic mass is 10.0. The maximum absolute atomic E-state index is 10.8. The van der Waals surface area contributed by atoms with Gasteiger partial charge in [-0.3, -0.25) is 4.68 Å². The number of rotatable bonds is 2. The largest absolute Gasteiger partial charge is 0.478 e. The number of nitrogens with zero attached hydrogens (tertiary/aromatic N) is 2. The van der Waals surface area contributed by atoms with Gasteiger partial charge in [0.1, 0.15) is 0 Å². The number of hydrogen-bond donors (Lipinski definition) is 1. The second-order valence-electron chi connectivity index (χ2n) is 4.20. The molecule has 1 heterocycles. The first-order valence-electron chi connectivity index (χ1n) is 5.20. The highest BCUT2D eigenvalue weighted by molar-refractivity contribution is 5.93. The predicted octanol–water partition coefficient (Wildman–Crippen LogP) is 2.39. The number of fused-ring (bicyclic) bond motifs is 1. The van der Waals surface area contributed by atoms with Crippen molar-refractivity contribution in [2.24, 2.45) is 7.05 Å². The van der Waals surface area contributed by atoms with Crippen molar-refractivity contribution in [3.8, 4) is 0 Å². The molecule has 4 nitrogen and oxygen atoms in total. The summed E-state index contributed by atoms with van der Waals surface area (Å²) in [6.07, 6.45) is 0. The van der Waals surface area contributed by atoms with Gasteiger partial charge < -0.3 is 5.11 Å². The van der Waals surface area contributed by atoms with Crippen molar-refractivity contribution in [1.82, 2.24) is 9.78 Å². The van der Waals surface area contributed by atoms with E-state index in [9.17, 15) is 4.79 Å². The molecule has 0 fully saturated rings. The van der Waals surface area contributed by atoms with Gasteiger partial charge in [0.25, 0.3) is 0 Å². The quantitative estimate of drug-likeness (QED) is 0.842. The van der Waals surface area contributed by atoms with Gasteiger partial charge in [0, 0.05) is 18.1 Å². The third-order valence-corrected chi connectivity index (χ3v) is 2.67. The zero-order valence-electron chi connectivity index (χ0n) is 9.56. The van der Waals surface area contributed by atoms with Crippen molar-refractivity contribution in [3.63, 3.8) is 0 Å². The minimum atomic E-state index is -0.918. The van der Waals surface area contributed by atoms with Crippen LogP contribution in [0.25, 0.3) is 10.9 Å². The Kier molecular flexibility index (Phi) is 2.42. The minimum Gasteiger partial charge on any atom is -0.478 e. The number of benzene rings is 1. The number of carbonyl (C=O) groups is 1. The Hall–Kier alpha value is -1.84. The Bertz CT molecular complexity index is 555. The van der Waals surface area contributed by atoms with Crippen LogP contribution in [0.15, 0.2) is 18.2 Å². The first kappa shape index (κ1) is 10.7. The van der Waals surface area contributed by atoms with Crippen molar-refractivity contribution < 1.29 is 9.90 Å². The van der Waals surface area contributed by atoms with E-state index in [1.807, 2.05) is 17.8 Å². The summed E-state index contributed by atoms with van der Waals surface area (Å²) in [7, 11) is 1.88. The molecule has 0 unspecified atom stereocenters. The van der Waals surface area contributed by atoms with E-state index in [0.29, 0.717) is 5.92 Å². The predicted molar refractivity (Wildman–Crippen MR) is 61.8 cm³/mol. The number of aromatic nitrogens is 2. The van der Waals surface area contributed by atoms with E-state index in [1.165, 1.54) is 0 Å². The summed E-state index contributed by atoms with van der Waals surface area (Å²) < 4.78 is 1.82. The van der Waals surface area contributed by atoms with E-state index < -0.39 is 5.97 Å². The summed E-state index contributed by atoms with van der Waals surface area (Å²) in [5.41, 5.74) is 2.15.